The number of carbonyl (C=O) groups excluding carboxylic acids is 1. The van der Waals surface area contributed by atoms with E-state index in [1.54, 1.807) is 6.07 Å². The summed E-state index contributed by atoms with van der Waals surface area (Å²) >= 11 is 0. The van der Waals surface area contributed by atoms with Crippen molar-refractivity contribution in [1.29, 1.82) is 0 Å². The third kappa shape index (κ3) is 3.82. The number of piperidine rings is 1. The van der Waals surface area contributed by atoms with Crippen molar-refractivity contribution in [2.45, 2.75) is 45.2 Å². The zero-order chi connectivity index (χ0) is 18.9. The van der Waals surface area contributed by atoms with E-state index in [2.05, 4.69) is 10.5 Å². The van der Waals surface area contributed by atoms with Crippen LogP contribution in [0.1, 0.15) is 44.8 Å². The van der Waals surface area contributed by atoms with E-state index in [4.69, 9.17) is 9.26 Å². The maximum absolute atomic E-state index is 13.5. The summed E-state index contributed by atoms with van der Waals surface area (Å²) in [6.45, 7) is 4.59. The van der Waals surface area contributed by atoms with Crippen LogP contribution in [0.2, 0.25) is 0 Å². The summed E-state index contributed by atoms with van der Waals surface area (Å²) in [5.74, 6) is -0.363. The van der Waals surface area contributed by atoms with Crippen molar-refractivity contribution in [2.75, 3.05) is 31.6 Å². The molecular weight excluding hydrogens is 351 g/mol. The van der Waals surface area contributed by atoms with Gasteiger partial charge in [-0.25, -0.2) is 4.79 Å². The Morgan fingerprint density at radius 2 is 2.08 bits per heavy atom. The van der Waals surface area contributed by atoms with E-state index in [0.717, 1.165) is 0 Å². The van der Waals surface area contributed by atoms with E-state index in [-0.39, 0.29) is 31.2 Å². The van der Waals surface area contributed by atoms with E-state index >= 15 is 0 Å². The molecule has 9 heteroatoms. The van der Waals surface area contributed by atoms with Crippen LogP contribution in [0.4, 0.5) is 23.8 Å². The van der Waals surface area contributed by atoms with Gasteiger partial charge in [0.1, 0.15) is 5.76 Å². The molecule has 0 saturated carbocycles. The lowest BCUT2D eigenvalue weighted by atomic mass is 9.66. The van der Waals surface area contributed by atoms with Gasteiger partial charge in [0.2, 0.25) is 0 Å². The number of likely N-dealkylation sites (tertiary alicyclic amines) is 1. The number of amides is 2. The molecule has 1 spiro atoms. The lowest BCUT2D eigenvalue weighted by molar-refractivity contribution is -0.232. The Kier molecular flexibility index (Phi) is 5.18. The Hall–Kier alpha value is -1.77. The molecule has 2 aliphatic heterocycles. The maximum Gasteiger partial charge on any atom is 0.392 e. The minimum absolute atomic E-state index is 0.0630. The largest absolute Gasteiger partial charge is 0.392 e. The third-order valence-corrected chi connectivity index (χ3v) is 5.44. The zero-order valence-corrected chi connectivity index (χ0v) is 14.9. The molecule has 1 atom stereocenters. The molecule has 0 aromatic carbocycles. The van der Waals surface area contributed by atoms with Gasteiger partial charge >= 0.3 is 12.2 Å². The quantitative estimate of drug-likeness (QED) is 0.848. The van der Waals surface area contributed by atoms with Gasteiger partial charge in [0.25, 0.3) is 0 Å². The first-order valence-electron chi connectivity index (χ1n) is 8.88. The van der Waals surface area contributed by atoms with E-state index < -0.39 is 23.5 Å². The highest BCUT2D eigenvalue weighted by Gasteiger charge is 2.56. The van der Waals surface area contributed by atoms with Crippen molar-refractivity contribution in [3.63, 3.8) is 0 Å². The lowest BCUT2D eigenvalue weighted by Crippen LogP contribution is -2.57. The van der Waals surface area contributed by atoms with Crippen molar-refractivity contribution in [2.24, 2.45) is 11.3 Å². The number of ether oxygens (including phenoxy) is 1. The van der Waals surface area contributed by atoms with Gasteiger partial charge in [0.05, 0.1) is 5.92 Å². The molecule has 2 amide bonds. The molecule has 3 rings (SSSR count). The number of hydrogen-bond acceptors (Lipinski definition) is 4. The minimum Gasteiger partial charge on any atom is -0.381 e. The highest BCUT2D eigenvalue weighted by molar-refractivity contribution is 5.88. The molecule has 0 radical (unpaired) electrons. The Bertz CT molecular complexity index is 639. The van der Waals surface area contributed by atoms with Gasteiger partial charge in [-0.3, -0.25) is 5.32 Å². The lowest BCUT2D eigenvalue weighted by Gasteiger charge is -2.50. The Balaban J connectivity index is 1.71. The monoisotopic (exact) mass is 375 g/mol. The average Bonchev–Trinajstić information content (AvgIpc) is 3.03. The summed E-state index contributed by atoms with van der Waals surface area (Å²) in [6, 6.07) is 1.19. The Morgan fingerprint density at radius 1 is 1.38 bits per heavy atom. The van der Waals surface area contributed by atoms with Crippen molar-refractivity contribution in [1.82, 2.24) is 10.1 Å². The van der Waals surface area contributed by atoms with Gasteiger partial charge in [-0.15, -0.1) is 0 Å². The number of nitrogens with zero attached hydrogens (tertiary/aromatic N) is 2. The molecule has 0 aliphatic carbocycles. The fraction of sp³-hybridized carbons (Fsp3) is 0.765. The van der Waals surface area contributed by atoms with E-state index in [0.29, 0.717) is 31.8 Å². The number of hydrogen-bond donors (Lipinski definition) is 1. The molecule has 3 heterocycles. The molecule has 0 bridgehead atoms. The number of rotatable bonds is 2. The van der Waals surface area contributed by atoms with Crippen LogP contribution in [-0.2, 0) is 4.74 Å². The van der Waals surface area contributed by atoms with Crippen LogP contribution in [0.25, 0.3) is 0 Å². The van der Waals surface area contributed by atoms with E-state index in [1.165, 1.54) is 4.90 Å². The summed E-state index contributed by atoms with van der Waals surface area (Å²) in [4.78, 5) is 14.0. The van der Waals surface area contributed by atoms with Crippen molar-refractivity contribution in [3.05, 3.63) is 11.8 Å². The summed E-state index contributed by atoms with van der Waals surface area (Å²) < 4.78 is 51.0. The Morgan fingerprint density at radius 3 is 2.65 bits per heavy atom. The fourth-order valence-corrected chi connectivity index (χ4v) is 3.94. The van der Waals surface area contributed by atoms with Crippen LogP contribution in [0, 0.1) is 11.3 Å². The third-order valence-electron chi connectivity index (χ3n) is 5.44. The standard InChI is InChI=1S/C17H24F3N3O3/c1-11(2)12-9-14(22-26-12)21-15(24)23-6-3-13(17(18,19)20)16(10-23)4-7-25-8-5-16/h9,11,13H,3-8,10H2,1-2H3,(H,21,22,24). The second-order valence-corrected chi connectivity index (χ2v) is 7.48. The molecule has 146 valence electrons. The van der Waals surface area contributed by atoms with E-state index in [1.807, 2.05) is 13.8 Å². The molecule has 2 fully saturated rings. The van der Waals surface area contributed by atoms with Crippen molar-refractivity contribution in [3.8, 4) is 0 Å². The summed E-state index contributed by atoms with van der Waals surface area (Å²) in [6.07, 6.45) is -3.74. The molecule has 26 heavy (non-hydrogen) atoms. The molecule has 2 saturated heterocycles. The van der Waals surface area contributed by atoms with Crippen LogP contribution in [0.5, 0.6) is 0 Å². The fourth-order valence-electron chi connectivity index (χ4n) is 3.94. The molecule has 1 N–H and O–H groups in total. The number of nitrogens with one attached hydrogen (secondary N) is 1. The maximum atomic E-state index is 13.5. The van der Waals surface area contributed by atoms with Gasteiger partial charge in [0.15, 0.2) is 5.82 Å². The zero-order valence-electron chi connectivity index (χ0n) is 14.9. The van der Waals surface area contributed by atoms with Gasteiger partial charge in [-0.1, -0.05) is 19.0 Å². The molecule has 2 aliphatic rings. The Labute approximate surface area is 150 Å². The molecule has 6 nitrogen and oxygen atoms in total. The predicted molar refractivity (Wildman–Crippen MR) is 87.8 cm³/mol. The first-order valence-corrected chi connectivity index (χ1v) is 8.88. The number of alkyl halides is 3. The molecule has 1 aromatic rings. The highest BCUT2D eigenvalue weighted by atomic mass is 19.4. The number of halogens is 3. The van der Waals surface area contributed by atoms with Gasteiger partial charge in [-0.2, -0.15) is 13.2 Å². The van der Waals surface area contributed by atoms with Crippen LogP contribution in [0.3, 0.4) is 0 Å². The second-order valence-electron chi connectivity index (χ2n) is 7.48. The minimum atomic E-state index is -4.27. The van der Waals surface area contributed by atoms with Crippen LogP contribution >= 0.6 is 0 Å². The molecule has 1 unspecified atom stereocenters. The van der Waals surface area contributed by atoms with Crippen LogP contribution < -0.4 is 5.32 Å². The number of aromatic nitrogens is 1. The molecule has 1 aromatic heterocycles. The second kappa shape index (κ2) is 7.09. The van der Waals surface area contributed by atoms with E-state index in [9.17, 15) is 18.0 Å². The van der Waals surface area contributed by atoms with Crippen molar-refractivity contribution < 1.29 is 27.2 Å². The molecular formula is C17H24F3N3O3. The normalized spacial score (nSPS) is 23.5. The van der Waals surface area contributed by atoms with Crippen molar-refractivity contribution >= 4 is 11.8 Å². The summed E-state index contributed by atoms with van der Waals surface area (Å²) in [7, 11) is 0. The number of carbonyl (C=O) groups is 1. The van der Waals surface area contributed by atoms with Crippen LogP contribution in [-0.4, -0.2) is 48.6 Å². The summed E-state index contributed by atoms with van der Waals surface area (Å²) in [5.41, 5.74) is -0.973. The smallest absolute Gasteiger partial charge is 0.381 e. The van der Waals surface area contributed by atoms with Gasteiger partial charge in [0, 0.05) is 43.7 Å². The predicted octanol–water partition coefficient (Wildman–Crippen LogP) is 4.01. The first-order chi connectivity index (χ1) is 12.2. The van der Waals surface area contributed by atoms with Gasteiger partial charge in [-0.05, 0) is 19.3 Å². The summed E-state index contributed by atoms with van der Waals surface area (Å²) in [5, 5.41) is 6.43. The number of urea groups is 1. The average molecular weight is 375 g/mol. The van der Waals surface area contributed by atoms with Gasteiger partial charge < -0.3 is 14.2 Å². The van der Waals surface area contributed by atoms with Crippen LogP contribution in [0.15, 0.2) is 10.6 Å². The first kappa shape index (κ1) is 19.0. The topological polar surface area (TPSA) is 67.6 Å². The SMILES string of the molecule is CC(C)c1cc(NC(=O)N2CCC(C(F)(F)F)C3(CCOCC3)C2)no1. The number of anilines is 1. The highest BCUT2D eigenvalue weighted by Crippen LogP contribution is 2.50.